The van der Waals surface area contributed by atoms with Gasteiger partial charge < -0.3 is 5.11 Å². The van der Waals surface area contributed by atoms with E-state index in [2.05, 4.69) is 0 Å². The molecular formula is C13H26O2. The van der Waals surface area contributed by atoms with Crippen molar-refractivity contribution < 1.29 is 9.90 Å². The largest absolute Gasteiger partial charge is 0.392 e. The summed E-state index contributed by atoms with van der Waals surface area (Å²) >= 11 is 0. The Morgan fingerprint density at radius 1 is 1.13 bits per heavy atom. The maximum atomic E-state index is 11.9. The zero-order valence-electron chi connectivity index (χ0n) is 11.1. The SMILES string of the molecule is CCC(C)(C)C(=O)CC(O)C(C)(C)CC. The van der Waals surface area contributed by atoms with Crippen molar-refractivity contribution in [2.75, 3.05) is 0 Å². The number of hydrogen-bond donors (Lipinski definition) is 1. The molecule has 0 radical (unpaired) electrons. The van der Waals surface area contributed by atoms with Gasteiger partial charge in [0.05, 0.1) is 6.10 Å². The molecule has 0 fully saturated rings. The zero-order valence-corrected chi connectivity index (χ0v) is 11.1. The van der Waals surface area contributed by atoms with E-state index >= 15 is 0 Å². The molecule has 0 aromatic carbocycles. The van der Waals surface area contributed by atoms with Gasteiger partial charge in [-0.1, -0.05) is 41.5 Å². The summed E-state index contributed by atoms with van der Waals surface area (Å²) in [6.45, 7) is 11.9. The zero-order chi connectivity index (χ0) is 12.3. The fourth-order valence-corrected chi connectivity index (χ4v) is 1.16. The number of hydrogen-bond acceptors (Lipinski definition) is 2. The van der Waals surface area contributed by atoms with Crippen LogP contribution < -0.4 is 0 Å². The van der Waals surface area contributed by atoms with Crippen LogP contribution in [0.3, 0.4) is 0 Å². The molecule has 0 aliphatic carbocycles. The van der Waals surface area contributed by atoms with E-state index in [-0.39, 0.29) is 23.0 Å². The van der Waals surface area contributed by atoms with E-state index in [1.54, 1.807) is 0 Å². The highest BCUT2D eigenvalue weighted by Gasteiger charge is 2.32. The molecule has 0 aliphatic heterocycles. The Bertz CT molecular complexity index is 217. The van der Waals surface area contributed by atoms with Gasteiger partial charge in [0.15, 0.2) is 0 Å². The van der Waals surface area contributed by atoms with Crippen molar-refractivity contribution in [1.29, 1.82) is 0 Å². The fraction of sp³-hybridized carbons (Fsp3) is 0.923. The van der Waals surface area contributed by atoms with Crippen LogP contribution in [0, 0.1) is 10.8 Å². The number of aliphatic hydroxyl groups excluding tert-OH is 1. The lowest BCUT2D eigenvalue weighted by Crippen LogP contribution is -2.35. The molecule has 2 heteroatoms. The van der Waals surface area contributed by atoms with Crippen molar-refractivity contribution in [3.05, 3.63) is 0 Å². The molecule has 1 atom stereocenters. The summed E-state index contributed by atoms with van der Waals surface area (Å²) in [5.41, 5.74) is -0.468. The Hall–Kier alpha value is -0.370. The third-order valence-electron chi connectivity index (χ3n) is 3.83. The second-order valence-corrected chi connectivity index (χ2v) is 5.72. The number of Topliss-reactive ketones (excluding diaryl/α,β-unsaturated/α-hetero) is 1. The first-order valence-electron chi connectivity index (χ1n) is 5.88. The van der Waals surface area contributed by atoms with E-state index in [1.807, 2.05) is 41.5 Å². The van der Waals surface area contributed by atoms with Crippen LogP contribution in [0.25, 0.3) is 0 Å². The molecule has 0 saturated heterocycles. The van der Waals surface area contributed by atoms with Crippen LogP contribution in [-0.2, 0) is 4.79 Å². The third-order valence-corrected chi connectivity index (χ3v) is 3.83. The van der Waals surface area contributed by atoms with Crippen molar-refractivity contribution in [2.45, 2.75) is 66.9 Å². The van der Waals surface area contributed by atoms with Gasteiger partial charge in [0.25, 0.3) is 0 Å². The van der Waals surface area contributed by atoms with Gasteiger partial charge in [-0.25, -0.2) is 0 Å². The van der Waals surface area contributed by atoms with Gasteiger partial charge in [0.1, 0.15) is 5.78 Å². The molecule has 15 heavy (non-hydrogen) atoms. The second-order valence-electron chi connectivity index (χ2n) is 5.72. The van der Waals surface area contributed by atoms with Crippen molar-refractivity contribution in [3.63, 3.8) is 0 Å². The Balaban J connectivity index is 4.43. The normalized spacial score (nSPS) is 15.1. The Morgan fingerprint density at radius 2 is 1.60 bits per heavy atom. The van der Waals surface area contributed by atoms with Gasteiger partial charge in [0, 0.05) is 11.8 Å². The summed E-state index contributed by atoms with van der Waals surface area (Å²) in [7, 11) is 0. The molecular weight excluding hydrogens is 188 g/mol. The summed E-state index contributed by atoms with van der Waals surface area (Å²) in [5, 5.41) is 9.99. The van der Waals surface area contributed by atoms with E-state index in [0.717, 1.165) is 12.8 Å². The number of rotatable bonds is 6. The van der Waals surface area contributed by atoms with E-state index in [9.17, 15) is 9.90 Å². The molecule has 0 aromatic rings. The molecule has 0 spiro atoms. The minimum atomic E-state index is -0.527. The third kappa shape index (κ3) is 3.94. The summed E-state index contributed by atoms with van der Waals surface area (Å²) in [6.07, 6.45) is 1.46. The lowest BCUT2D eigenvalue weighted by molar-refractivity contribution is -0.131. The molecule has 0 bridgehead atoms. The van der Waals surface area contributed by atoms with E-state index in [0.29, 0.717) is 0 Å². The van der Waals surface area contributed by atoms with Crippen LogP contribution in [0.5, 0.6) is 0 Å². The highest BCUT2D eigenvalue weighted by Crippen LogP contribution is 2.30. The minimum absolute atomic E-state index is 0.166. The summed E-state index contributed by atoms with van der Waals surface area (Å²) in [4.78, 5) is 11.9. The van der Waals surface area contributed by atoms with E-state index in [4.69, 9.17) is 0 Å². The number of carbonyl (C=O) groups excluding carboxylic acids is 1. The lowest BCUT2D eigenvalue weighted by atomic mass is 9.76. The van der Waals surface area contributed by atoms with Gasteiger partial charge >= 0.3 is 0 Å². The molecule has 1 N–H and O–H groups in total. The molecule has 0 saturated carbocycles. The van der Waals surface area contributed by atoms with E-state index < -0.39 is 6.10 Å². The van der Waals surface area contributed by atoms with Crippen molar-refractivity contribution >= 4 is 5.78 Å². The lowest BCUT2D eigenvalue weighted by Gasteiger charge is -2.31. The first kappa shape index (κ1) is 14.6. The predicted octanol–water partition coefficient (Wildman–Crippen LogP) is 3.18. The van der Waals surface area contributed by atoms with Crippen LogP contribution in [0.1, 0.15) is 60.8 Å². The molecule has 90 valence electrons. The Labute approximate surface area is 94.1 Å². The molecule has 0 rings (SSSR count). The molecule has 0 aromatic heterocycles. The smallest absolute Gasteiger partial charge is 0.141 e. The predicted molar refractivity (Wildman–Crippen MR) is 63.8 cm³/mol. The van der Waals surface area contributed by atoms with Crippen molar-refractivity contribution in [1.82, 2.24) is 0 Å². The summed E-state index contributed by atoms with van der Waals surface area (Å²) < 4.78 is 0. The Morgan fingerprint density at radius 3 is 1.93 bits per heavy atom. The molecule has 1 unspecified atom stereocenters. The first-order valence-corrected chi connectivity index (χ1v) is 5.88. The molecule has 0 aliphatic rings. The minimum Gasteiger partial charge on any atom is -0.392 e. The van der Waals surface area contributed by atoms with Crippen molar-refractivity contribution in [2.24, 2.45) is 10.8 Å². The monoisotopic (exact) mass is 214 g/mol. The number of carbonyl (C=O) groups is 1. The maximum Gasteiger partial charge on any atom is 0.141 e. The highest BCUT2D eigenvalue weighted by molar-refractivity contribution is 5.84. The Kier molecular flexibility index (Phi) is 4.98. The van der Waals surface area contributed by atoms with Crippen LogP contribution >= 0.6 is 0 Å². The molecule has 2 nitrogen and oxygen atoms in total. The van der Waals surface area contributed by atoms with Crippen LogP contribution in [0.15, 0.2) is 0 Å². The van der Waals surface area contributed by atoms with Gasteiger partial charge in [-0.05, 0) is 18.3 Å². The number of aliphatic hydroxyl groups is 1. The maximum absolute atomic E-state index is 11.9. The first-order chi connectivity index (χ1) is 6.67. The molecule has 0 heterocycles. The highest BCUT2D eigenvalue weighted by atomic mass is 16.3. The average molecular weight is 214 g/mol. The van der Waals surface area contributed by atoms with Gasteiger partial charge in [0.2, 0.25) is 0 Å². The fourth-order valence-electron chi connectivity index (χ4n) is 1.16. The van der Waals surface area contributed by atoms with Crippen LogP contribution in [-0.4, -0.2) is 17.0 Å². The number of ketones is 1. The molecule has 0 amide bonds. The van der Waals surface area contributed by atoms with E-state index in [1.165, 1.54) is 0 Å². The van der Waals surface area contributed by atoms with Crippen LogP contribution in [0.4, 0.5) is 0 Å². The van der Waals surface area contributed by atoms with Gasteiger partial charge in [-0.15, -0.1) is 0 Å². The topological polar surface area (TPSA) is 37.3 Å². The van der Waals surface area contributed by atoms with Crippen molar-refractivity contribution in [3.8, 4) is 0 Å². The van der Waals surface area contributed by atoms with Gasteiger partial charge in [-0.3, -0.25) is 4.79 Å². The second kappa shape index (κ2) is 5.11. The standard InChI is InChI=1S/C13H26O2/c1-7-12(3,4)10(14)9-11(15)13(5,6)8-2/h10,14H,7-9H2,1-6H3. The van der Waals surface area contributed by atoms with Gasteiger partial charge in [-0.2, -0.15) is 0 Å². The quantitative estimate of drug-likeness (QED) is 0.737. The van der Waals surface area contributed by atoms with Crippen LogP contribution in [0.2, 0.25) is 0 Å². The average Bonchev–Trinajstić information content (AvgIpc) is 2.17. The summed E-state index contributed by atoms with van der Waals surface area (Å²) in [6, 6.07) is 0. The summed E-state index contributed by atoms with van der Waals surface area (Å²) in [5.74, 6) is 0.166.